The van der Waals surface area contributed by atoms with Crippen molar-refractivity contribution in [1.29, 1.82) is 0 Å². The number of para-hydroxylation sites is 3. The summed E-state index contributed by atoms with van der Waals surface area (Å²) in [6.45, 7) is 0. The van der Waals surface area contributed by atoms with Gasteiger partial charge in [-0.15, -0.1) is 0 Å². The van der Waals surface area contributed by atoms with E-state index in [1.165, 1.54) is 6.07 Å². The summed E-state index contributed by atoms with van der Waals surface area (Å²) < 4.78 is 11.0. The zero-order chi connectivity index (χ0) is 16.1. The van der Waals surface area contributed by atoms with E-state index >= 15 is 0 Å². The van der Waals surface area contributed by atoms with E-state index in [1.807, 2.05) is 12.1 Å². The predicted molar refractivity (Wildman–Crippen MR) is 86.0 cm³/mol. The second-order valence-electron chi connectivity index (χ2n) is 4.77. The van der Waals surface area contributed by atoms with Crippen LogP contribution < -0.4 is 9.47 Å². The van der Waals surface area contributed by atoms with Gasteiger partial charge in [-0.1, -0.05) is 42.5 Å². The minimum Gasteiger partial charge on any atom is -0.504 e. The summed E-state index contributed by atoms with van der Waals surface area (Å²) in [6, 6.07) is 22.2. The van der Waals surface area contributed by atoms with Crippen molar-refractivity contribution in [2.24, 2.45) is 0 Å². The van der Waals surface area contributed by atoms with Gasteiger partial charge in [0.05, 0.1) is 0 Å². The highest BCUT2D eigenvalue weighted by molar-refractivity contribution is 5.95. The van der Waals surface area contributed by atoms with E-state index in [2.05, 4.69) is 0 Å². The molecule has 0 saturated heterocycles. The van der Waals surface area contributed by atoms with Crippen molar-refractivity contribution >= 4 is 5.97 Å². The molecule has 0 fully saturated rings. The van der Waals surface area contributed by atoms with E-state index in [4.69, 9.17) is 9.47 Å². The summed E-state index contributed by atoms with van der Waals surface area (Å²) >= 11 is 0. The van der Waals surface area contributed by atoms with E-state index < -0.39 is 5.97 Å². The molecule has 0 amide bonds. The highest BCUT2D eigenvalue weighted by Gasteiger charge is 2.19. The van der Waals surface area contributed by atoms with E-state index in [0.29, 0.717) is 11.5 Å². The number of hydrogen-bond donors (Lipinski definition) is 1. The fourth-order valence-corrected chi connectivity index (χ4v) is 2.05. The third-order valence-corrected chi connectivity index (χ3v) is 3.13. The average Bonchev–Trinajstić information content (AvgIpc) is 2.58. The lowest BCUT2D eigenvalue weighted by molar-refractivity contribution is 0.0731. The van der Waals surface area contributed by atoms with Crippen LogP contribution in [0.3, 0.4) is 0 Å². The molecule has 0 aliphatic rings. The largest absolute Gasteiger partial charge is 0.504 e. The molecule has 0 heterocycles. The Morgan fingerprint density at radius 1 is 0.739 bits per heavy atom. The van der Waals surface area contributed by atoms with Crippen LogP contribution in [0.25, 0.3) is 0 Å². The topological polar surface area (TPSA) is 55.8 Å². The van der Waals surface area contributed by atoms with Crippen molar-refractivity contribution < 1.29 is 19.4 Å². The molecule has 0 aliphatic carbocycles. The number of ether oxygens (including phenoxy) is 2. The van der Waals surface area contributed by atoms with Crippen LogP contribution in [0, 0.1) is 0 Å². The third-order valence-electron chi connectivity index (χ3n) is 3.13. The summed E-state index contributed by atoms with van der Waals surface area (Å²) in [5, 5.41) is 10.0. The normalized spacial score (nSPS) is 10.1. The molecule has 4 nitrogen and oxygen atoms in total. The van der Waals surface area contributed by atoms with E-state index in [1.54, 1.807) is 60.7 Å². The molecular weight excluding hydrogens is 292 g/mol. The second kappa shape index (κ2) is 6.66. The van der Waals surface area contributed by atoms with Crippen molar-refractivity contribution in [2.75, 3.05) is 0 Å². The van der Waals surface area contributed by atoms with Crippen molar-refractivity contribution in [3.05, 3.63) is 84.4 Å². The Morgan fingerprint density at radius 2 is 1.35 bits per heavy atom. The van der Waals surface area contributed by atoms with Crippen LogP contribution in [0.2, 0.25) is 0 Å². The van der Waals surface area contributed by atoms with E-state index in [9.17, 15) is 9.90 Å². The van der Waals surface area contributed by atoms with Gasteiger partial charge in [-0.3, -0.25) is 0 Å². The fourth-order valence-electron chi connectivity index (χ4n) is 2.05. The number of phenols is 1. The van der Waals surface area contributed by atoms with Crippen LogP contribution >= 0.6 is 0 Å². The Bertz CT molecular complexity index is 798. The number of benzene rings is 3. The maximum Gasteiger partial charge on any atom is 0.347 e. The van der Waals surface area contributed by atoms with Crippen LogP contribution in [-0.4, -0.2) is 11.1 Å². The highest BCUT2D eigenvalue weighted by atomic mass is 16.5. The summed E-state index contributed by atoms with van der Waals surface area (Å²) in [5.41, 5.74) is 0.151. The Kier molecular flexibility index (Phi) is 4.25. The first-order chi connectivity index (χ1) is 11.2. The van der Waals surface area contributed by atoms with E-state index in [-0.39, 0.29) is 17.1 Å². The van der Waals surface area contributed by atoms with Gasteiger partial charge in [0.1, 0.15) is 17.1 Å². The Balaban J connectivity index is 1.90. The minimum atomic E-state index is -0.599. The molecule has 3 aromatic rings. The molecule has 0 spiro atoms. The molecule has 3 rings (SSSR count). The third kappa shape index (κ3) is 3.49. The number of carbonyl (C=O) groups excluding carboxylic acids is 1. The van der Waals surface area contributed by atoms with E-state index in [0.717, 1.165) is 0 Å². The van der Waals surface area contributed by atoms with Crippen LogP contribution in [0.5, 0.6) is 23.0 Å². The van der Waals surface area contributed by atoms with Crippen LogP contribution in [0.1, 0.15) is 10.4 Å². The SMILES string of the molecule is O=C(Oc1ccccc1)c1cccc(O)c1Oc1ccccc1. The number of phenolic OH excluding ortho intramolecular Hbond substituents is 1. The standard InChI is InChI=1S/C19H14O4/c20-17-13-7-12-16(18(17)22-14-8-3-1-4-9-14)19(21)23-15-10-5-2-6-11-15/h1-13,20H. The molecule has 0 radical (unpaired) electrons. The van der Waals surface area contributed by atoms with Crippen LogP contribution in [0.4, 0.5) is 0 Å². The molecule has 3 aromatic carbocycles. The first-order valence-electron chi connectivity index (χ1n) is 7.06. The molecule has 0 aliphatic heterocycles. The van der Waals surface area contributed by atoms with Gasteiger partial charge in [-0.25, -0.2) is 4.79 Å². The molecule has 0 bridgehead atoms. The van der Waals surface area contributed by atoms with Crippen LogP contribution in [0.15, 0.2) is 78.9 Å². The zero-order valence-electron chi connectivity index (χ0n) is 12.2. The lowest BCUT2D eigenvalue weighted by Crippen LogP contribution is -2.10. The maximum atomic E-state index is 12.4. The lowest BCUT2D eigenvalue weighted by Gasteiger charge is -2.12. The minimum absolute atomic E-state index is 0.0691. The second-order valence-corrected chi connectivity index (χ2v) is 4.77. The lowest BCUT2D eigenvalue weighted by atomic mass is 10.2. The summed E-state index contributed by atoms with van der Waals surface area (Å²) in [4.78, 5) is 12.4. The van der Waals surface area contributed by atoms with Crippen molar-refractivity contribution in [2.45, 2.75) is 0 Å². The first-order valence-corrected chi connectivity index (χ1v) is 7.06. The first kappa shape index (κ1) is 14.7. The fraction of sp³-hybridized carbons (Fsp3) is 0. The van der Waals surface area contributed by atoms with Gasteiger partial charge >= 0.3 is 5.97 Å². The van der Waals surface area contributed by atoms with Gasteiger partial charge < -0.3 is 14.6 Å². The smallest absolute Gasteiger partial charge is 0.347 e. The number of rotatable bonds is 4. The molecule has 0 atom stereocenters. The number of aromatic hydroxyl groups is 1. The maximum absolute atomic E-state index is 12.4. The molecule has 23 heavy (non-hydrogen) atoms. The molecule has 1 N–H and O–H groups in total. The van der Waals surface area contributed by atoms with Crippen molar-refractivity contribution in [1.82, 2.24) is 0 Å². The Morgan fingerprint density at radius 3 is 2.00 bits per heavy atom. The summed E-state index contributed by atoms with van der Waals surface area (Å²) in [6.07, 6.45) is 0. The molecule has 0 aromatic heterocycles. The summed E-state index contributed by atoms with van der Waals surface area (Å²) in [5.74, 6) is 0.281. The number of carbonyl (C=O) groups is 1. The van der Waals surface area contributed by atoms with Gasteiger partial charge in [0.25, 0.3) is 0 Å². The van der Waals surface area contributed by atoms with Crippen molar-refractivity contribution in [3.63, 3.8) is 0 Å². The van der Waals surface area contributed by atoms with Gasteiger partial charge in [0.15, 0.2) is 11.5 Å². The molecule has 114 valence electrons. The Labute approximate surface area is 133 Å². The summed E-state index contributed by atoms with van der Waals surface area (Å²) in [7, 11) is 0. The highest BCUT2D eigenvalue weighted by Crippen LogP contribution is 2.34. The van der Waals surface area contributed by atoms with Gasteiger partial charge in [-0.05, 0) is 36.4 Å². The molecular formula is C19H14O4. The number of hydrogen-bond acceptors (Lipinski definition) is 4. The van der Waals surface area contributed by atoms with Crippen molar-refractivity contribution in [3.8, 4) is 23.0 Å². The monoisotopic (exact) mass is 306 g/mol. The predicted octanol–water partition coefficient (Wildman–Crippen LogP) is 4.40. The number of esters is 1. The van der Waals surface area contributed by atoms with Crippen LogP contribution in [-0.2, 0) is 0 Å². The average molecular weight is 306 g/mol. The quantitative estimate of drug-likeness (QED) is 0.573. The van der Waals surface area contributed by atoms with Gasteiger partial charge in [0.2, 0.25) is 0 Å². The molecule has 4 heteroatoms. The van der Waals surface area contributed by atoms with Gasteiger partial charge in [0, 0.05) is 0 Å². The molecule has 0 saturated carbocycles. The Hall–Kier alpha value is -3.27. The zero-order valence-corrected chi connectivity index (χ0v) is 12.2. The van der Waals surface area contributed by atoms with Gasteiger partial charge in [-0.2, -0.15) is 0 Å². The molecule has 0 unspecified atom stereocenters.